The molecule has 0 aliphatic heterocycles. The molecule has 0 radical (unpaired) electrons. The van der Waals surface area contributed by atoms with E-state index in [1.165, 1.54) is 6.92 Å². The summed E-state index contributed by atoms with van der Waals surface area (Å²) in [7, 11) is 0. The minimum Gasteiger partial charge on any atom is -0.461 e. The smallest absolute Gasteiger partial charge is 0.302 e. The molecular formula is C8H8BrNO2. The van der Waals surface area contributed by atoms with Crippen LogP contribution in [0.3, 0.4) is 0 Å². The van der Waals surface area contributed by atoms with E-state index in [-0.39, 0.29) is 5.97 Å². The van der Waals surface area contributed by atoms with Crippen molar-refractivity contribution in [3.05, 3.63) is 28.5 Å². The number of nitrogens with zero attached hydrogens (tertiary/aromatic N) is 1. The first-order valence-electron chi connectivity index (χ1n) is 3.42. The fraction of sp³-hybridized carbons (Fsp3) is 0.250. The molecule has 1 aromatic heterocycles. The summed E-state index contributed by atoms with van der Waals surface area (Å²) in [5.41, 5.74) is 0.923. The van der Waals surface area contributed by atoms with Gasteiger partial charge in [0.25, 0.3) is 0 Å². The van der Waals surface area contributed by atoms with Crippen molar-refractivity contribution in [2.75, 3.05) is 0 Å². The Balaban J connectivity index is 2.57. The number of carbonyl (C=O) groups excluding carboxylic acids is 1. The second kappa shape index (κ2) is 4.21. The molecule has 0 fully saturated rings. The Morgan fingerprint density at radius 2 is 2.50 bits per heavy atom. The van der Waals surface area contributed by atoms with Crippen LogP contribution in [0.1, 0.15) is 12.5 Å². The molecule has 4 heteroatoms. The zero-order chi connectivity index (χ0) is 8.97. The predicted molar refractivity (Wildman–Crippen MR) is 47.4 cm³/mol. The van der Waals surface area contributed by atoms with Gasteiger partial charge in [0.05, 0.1) is 0 Å². The van der Waals surface area contributed by atoms with E-state index >= 15 is 0 Å². The lowest BCUT2D eigenvalue weighted by molar-refractivity contribution is -0.142. The van der Waals surface area contributed by atoms with Crippen LogP contribution in [-0.4, -0.2) is 11.0 Å². The van der Waals surface area contributed by atoms with Gasteiger partial charge in [-0.05, 0) is 33.6 Å². The summed E-state index contributed by atoms with van der Waals surface area (Å²) in [6.07, 6.45) is 1.66. The van der Waals surface area contributed by atoms with E-state index in [0.717, 1.165) is 10.2 Å². The summed E-state index contributed by atoms with van der Waals surface area (Å²) >= 11 is 3.22. The molecule has 64 valence electrons. The number of esters is 1. The zero-order valence-corrected chi connectivity index (χ0v) is 8.17. The highest BCUT2D eigenvalue weighted by molar-refractivity contribution is 9.10. The Kier molecular flexibility index (Phi) is 3.22. The van der Waals surface area contributed by atoms with Crippen molar-refractivity contribution in [3.63, 3.8) is 0 Å². The lowest BCUT2D eigenvalue weighted by atomic mass is 10.3. The van der Waals surface area contributed by atoms with Gasteiger partial charge in [-0.2, -0.15) is 0 Å². The number of pyridine rings is 1. The summed E-state index contributed by atoms with van der Waals surface area (Å²) in [6, 6.07) is 3.61. The first-order valence-corrected chi connectivity index (χ1v) is 4.21. The van der Waals surface area contributed by atoms with Crippen LogP contribution in [0.25, 0.3) is 0 Å². The Labute approximate surface area is 78.9 Å². The molecule has 0 amide bonds. The van der Waals surface area contributed by atoms with Gasteiger partial charge in [0.15, 0.2) is 0 Å². The lowest BCUT2D eigenvalue weighted by Crippen LogP contribution is -1.98. The van der Waals surface area contributed by atoms with Gasteiger partial charge in [0.2, 0.25) is 0 Å². The highest BCUT2D eigenvalue weighted by Gasteiger charge is 1.96. The Bertz CT molecular complexity index is 288. The van der Waals surface area contributed by atoms with Gasteiger partial charge in [-0.1, -0.05) is 0 Å². The van der Waals surface area contributed by atoms with Crippen molar-refractivity contribution < 1.29 is 9.53 Å². The number of aromatic nitrogens is 1. The van der Waals surface area contributed by atoms with Gasteiger partial charge in [-0.25, -0.2) is 4.98 Å². The van der Waals surface area contributed by atoms with Crippen molar-refractivity contribution in [1.29, 1.82) is 0 Å². The lowest BCUT2D eigenvalue weighted by Gasteiger charge is -2.01. The molecule has 12 heavy (non-hydrogen) atoms. The highest BCUT2D eigenvalue weighted by atomic mass is 79.9. The number of halogens is 1. The van der Waals surface area contributed by atoms with Crippen LogP contribution in [0.5, 0.6) is 0 Å². The van der Waals surface area contributed by atoms with Crippen molar-refractivity contribution in [2.24, 2.45) is 0 Å². The van der Waals surface area contributed by atoms with Gasteiger partial charge in [-0.3, -0.25) is 4.79 Å². The average molecular weight is 230 g/mol. The number of hydrogen-bond donors (Lipinski definition) is 0. The molecule has 0 aliphatic carbocycles. The summed E-state index contributed by atoms with van der Waals surface area (Å²) in [5, 5.41) is 0. The molecule has 1 heterocycles. The van der Waals surface area contributed by atoms with Crippen LogP contribution in [0.15, 0.2) is 22.9 Å². The van der Waals surface area contributed by atoms with E-state index in [2.05, 4.69) is 20.9 Å². The Morgan fingerprint density at radius 3 is 3.08 bits per heavy atom. The molecule has 0 unspecified atom stereocenters. The molecule has 0 saturated carbocycles. The first-order chi connectivity index (χ1) is 5.68. The predicted octanol–water partition coefficient (Wildman–Crippen LogP) is 1.91. The van der Waals surface area contributed by atoms with E-state index in [0.29, 0.717) is 6.61 Å². The maximum atomic E-state index is 10.5. The Morgan fingerprint density at radius 1 is 1.75 bits per heavy atom. The summed E-state index contributed by atoms with van der Waals surface area (Å²) in [6.45, 7) is 1.69. The molecule has 3 nitrogen and oxygen atoms in total. The third-order valence-electron chi connectivity index (χ3n) is 1.23. The molecule has 0 aromatic carbocycles. The van der Waals surface area contributed by atoms with Gasteiger partial charge in [0, 0.05) is 13.1 Å². The standard InChI is InChI=1S/C8H8BrNO2/c1-6(11)12-5-7-2-3-10-8(9)4-7/h2-4H,5H2,1H3. The van der Waals surface area contributed by atoms with Gasteiger partial charge in [0.1, 0.15) is 11.2 Å². The normalized spacial score (nSPS) is 9.50. The second-order valence-electron chi connectivity index (χ2n) is 2.27. The van der Waals surface area contributed by atoms with Crippen LogP contribution in [-0.2, 0) is 16.1 Å². The monoisotopic (exact) mass is 229 g/mol. The molecule has 0 bridgehead atoms. The van der Waals surface area contributed by atoms with E-state index < -0.39 is 0 Å². The van der Waals surface area contributed by atoms with E-state index in [1.54, 1.807) is 12.3 Å². The minimum absolute atomic E-state index is 0.275. The minimum atomic E-state index is -0.275. The molecule has 1 aromatic rings. The second-order valence-corrected chi connectivity index (χ2v) is 3.08. The topological polar surface area (TPSA) is 39.2 Å². The van der Waals surface area contributed by atoms with E-state index in [1.807, 2.05) is 6.07 Å². The fourth-order valence-electron chi connectivity index (χ4n) is 0.717. The number of ether oxygens (including phenoxy) is 1. The van der Waals surface area contributed by atoms with Crippen molar-refractivity contribution in [2.45, 2.75) is 13.5 Å². The molecule has 0 spiro atoms. The SMILES string of the molecule is CC(=O)OCc1ccnc(Br)c1. The molecule has 0 saturated heterocycles. The van der Waals surface area contributed by atoms with Crippen LogP contribution in [0.2, 0.25) is 0 Å². The number of hydrogen-bond acceptors (Lipinski definition) is 3. The number of rotatable bonds is 2. The molecule has 1 rings (SSSR count). The third-order valence-corrected chi connectivity index (χ3v) is 1.67. The van der Waals surface area contributed by atoms with Crippen molar-refractivity contribution in [3.8, 4) is 0 Å². The van der Waals surface area contributed by atoms with Crippen LogP contribution < -0.4 is 0 Å². The van der Waals surface area contributed by atoms with Crippen LogP contribution in [0, 0.1) is 0 Å². The average Bonchev–Trinajstić information content (AvgIpc) is 2.01. The highest BCUT2D eigenvalue weighted by Crippen LogP contribution is 2.08. The van der Waals surface area contributed by atoms with Crippen molar-refractivity contribution in [1.82, 2.24) is 4.98 Å². The summed E-state index contributed by atoms with van der Waals surface area (Å²) in [4.78, 5) is 14.4. The fourth-order valence-corrected chi connectivity index (χ4v) is 1.13. The molecule has 0 atom stereocenters. The van der Waals surface area contributed by atoms with Gasteiger partial charge < -0.3 is 4.74 Å². The zero-order valence-electron chi connectivity index (χ0n) is 6.58. The quantitative estimate of drug-likeness (QED) is 0.575. The van der Waals surface area contributed by atoms with Crippen molar-refractivity contribution >= 4 is 21.9 Å². The van der Waals surface area contributed by atoms with Gasteiger partial charge in [-0.15, -0.1) is 0 Å². The molecular weight excluding hydrogens is 222 g/mol. The summed E-state index contributed by atoms with van der Waals surface area (Å²) < 4.78 is 5.54. The maximum absolute atomic E-state index is 10.5. The van der Waals surface area contributed by atoms with E-state index in [9.17, 15) is 4.79 Å². The molecule has 0 aliphatic rings. The first kappa shape index (κ1) is 9.19. The largest absolute Gasteiger partial charge is 0.461 e. The summed E-state index contributed by atoms with van der Waals surface area (Å²) in [5.74, 6) is -0.275. The molecule has 0 N–H and O–H groups in total. The van der Waals surface area contributed by atoms with Crippen LogP contribution >= 0.6 is 15.9 Å². The van der Waals surface area contributed by atoms with E-state index in [4.69, 9.17) is 4.74 Å². The number of carbonyl (C=O) groups is 1. The van der Waals surface area contributed by atoms with Gasteiger partial charge >= 0.3 is 5.97 Å². The Hall–Kier alpha value is -0.900. The van der Waals surface area contributed by atoms with Crippen LogP contribution in [0.4, 0.5) is 0 Å². The maximum Gasteiger partial charge on any atom is 0.302 e. The third kappa shape index (κ3) is 3.00.